The lowest BCUT2D eigenvalue weighted by atomic mass is 10.1. The van der Waals surface area contributed by atoms with E-state index in [0.29, 0.717) is 16.6 Å². The van der Waals surface area contributed by atoms with Crippen LogP contribution < -0.4 is 5.73 Å². The molecule has 0 aromatic rings. The Kier molecular flexibility index (Phi) is 4.46. The van der Waals surface area contributed by atoms with Crippen LogP contribution in [-0.4, -0.2) is 40.4 Å². The van der Waals surface area contributed by atoms with Gasteiger partial charge in [0.05, 0.1) is 5.84 Å². The van der Waals surface area contributed by atoms with E-state index < -0.39 is 0 Å². The van der Waals surface area contributed by atoms with Gasteiger partial charge in [-0.25, -0.2) is 0 Å². The van der Waals surface area contributed by atoms with Gasteiger partial charge in [0, 0.05) is 36.1 Å². The van der Waals surface area contributed by atoms with Crippen LogP contribution >= 0.6 is 11.8 Å². The second kappa shape index (κ2) is 5.21. The molecule has 15 heavy (non-hydrogen) atoms. The fourth-order valence-corrected chi connectivity index (χ4v) is 3.29. The molecule has 1 atom stereocenters. The number of nitrogens with zero attached hydrogens (tertiary/aromatic N) is 1. The van der Waals surface area contributed by atoms with E-state index in [2.05, 4.69) is 25.7 Å². The van der Waals surface area contributed by atoms with E-state index in [1.165, 1.54) is 5.75 Å². The number of nitrogens with one attached hydrogen (secondary N) is 1. The highest BCUT2D eigenvalue weighted by atomic mass is 32.2. The minimum atomic E-state index is 0.317. The number of amidine groups is 1. The maximum Gasteiger partial charge on any atom is 0.0921 e. The molecule has 0 aliphatic carbocycles. The third-order valence-electron chi connectivity index (χ3n) is 2.90. The van der Waals surface area contributed by atoms with Crippen LogP contribution in [0.3, 0.4) is 0 Å². The topological polar surface area (TPSA) is 53.1 Å². The van der Waals surface area contributed by atoms with Crippen LogP contribution in [0, 0.1) is 5.41 Å². The Bertz CT molecular complexity index is 228. The summed E-state index contributed by atoms with van der Waals surface area (Å²) in [5, 5.41) is 7.39. The summed E-state index contributed by atoms with van der Waals surface area (Å²) in [5.41, 5.74) is 5.49. The zero-order valence-corrected chi connectivity index (χ0v) is 10.9. The van der Waals surface area contributed by atoms with E-state index in [0.717, 1.165) is 25.9 Å². The van der Waals surface area contributed by atoms with E-state index in [9.17, 15) is 0 Å². The van der Waals surface area contributed by atoms with E-state index in [1.807, 2.05) is 11.8 Å². The molecule has 0 radical (unpaired) electrons. The molecule has 3 nitrogen and oxygen atoms in total. The summed E-state index contributed by atoms with van der Waals surface area (Å²) in [6.07, 6.45) is 1.80. The molecule has 1 heterocycles. The van der Waals surface area contributed by atoms with Crippen molar-refractivity contribution >= 4 is 17.6 Å². The molecule has 88 valence electrons. The number of hydrogen-bond acceptors (Lipinski definition) is 3. The maximum absolute atomic E-state index is 7.39. The lowest BCUT2D eigenvalue weighted by molar-refractivity contribution is 0.186. The summed E-state index contributed by atoms with van der Waals surface area (Å²) in [7, 11) is 0. The maximum atomic E-state index is 7.39. The molecule has 4 heteroatoms. The molecule has 0 bridgehead atoms. The van der Waals surface area contributed by atoms with Gasteiger partial charge in [0.15, 0.2) is 0 Å². The van der Waals surface area contributed by atoms with Crippen molar-refractivity contribution in [3.63, 3.8) is 0 Å². The zero-order valence-electron chi connectivity index (χ0n) is 10.0. The van der Waals surface area contributed by atoms with E-state index in [1.54, 1.807) is 0 Å². The zero-order chi connectivity index (χ0) is 11.5. The molecule has 0 aromatic heterocycles. The number of rotatable bonds is 4. The van der Waals surface area contributed by atoms with Crippen molar-refractivity contribution in [1.29, 1.82) is 5.41 Å². The number of nitrogens with two attached hydrogens (primary N) is 1. The molecule has 0 amide bonds. The monoisotopic (exact) mass is 229 g/mol. The van der Waals surface area contributed by atoms with Crippen molar-refractivity contribution in [2.75, 3.05) is 18.8 Å². The quantitative estimate of drug-likeness (QED) is 0.572. The van der Waals surface area contributed by atoms with E-state index >= 15 is 0 Å². The largest absolute Gasteiger partial charge is 0.388 e. The smallest absolute Gasteiger partial charge is 0.0921 e. The first kappa shape index (κ1) is 12.8. The van der Waals surface area contributed by atoms with Gasteiger partial charge in [-0.1, -0.05) is 6.92 Å². The highest BCUT2D eigenvalue weighted by Crippen LogP contribution is 2.31. The molecule has 0 saturated carbocycles. The summed E-state index contributed by atoms with van der Waals surface area (Å²) < 4.78 is 0.350. The summed E-state index contributed by atoms with van der Waals surface area (Å²) in [6.45, 7) is 9.03. The van der Waals surface area contributed by atoms with E-state index in [4.69, 9.17) is 11.1 Å². The summed E-state index contributed by atoms with van der Waals surface area (Å²) in [5.74, 6) is 1.51. The molecule has 1 fully saturated rings. The average Bonchev–Trinajstić information content (AvgIpc) is 2.12. The number of thioether (sulfide) groups is 1. The SMILES string of the molecule is CCC(CC(=N)N)N1CCSC(C)(C)C1. The fourth-order valence-electron chi connectivity index (χ4n) is 2.15. The average molecular weight is 229 g/mol. The molecule has 1 rings (SSSR count). The minimum Gasteiger partial charge on any atom is -0.388 e. The Morgan fingerprint density at radius 3 is 2.73 bits per heavy atom. The van der Waals surface area contributed by atoms with Gasteiger partial charge in [-0.3, -0.25) is 10.3 Å². The van der Waals surface area contributed by atoms with Crippen LogP contribution in [0.15, 0.2) is 0 Å². The first-order valence-electron chi connectivity index (χ1n) is 5.65. The predicted octanol–water partition coefficient (Wildman–Crippen LogP) is 1.92. The molecular weight excluding hydrogens is 206 g/mol. The van der Waals surface area contributed by atoms with E-state index in [-0.39, 0.29) is 0 Å². The fraction of sp³-hybridized carbons (Fsp3) is 0.909. The molecule has 1 unspecified atom stereocenters. The highest BCUT2D eigenvalue weighted by molar-refractivity contribution is 8.00. The molecular formula is C11H23N3S. The summed E-state index contributed by atoms with van der Waals surface area (Å²) in [6, 6.07) is 0.461. The summed E-state index contributed by atoms with van der Waals surface area (Å²) in [4.78, 5) is 2.50. The third kappa shape index (κ3) is 4.03. The predicted molar refractivity (Wildman–Crippen MR) is 68.7 cm³/mol. The van der Waals surface area contributed by atoms with Gasteiger partial charge in [-0.2, -0.15) is 11.8 Å². The molecule has 1 aliphatic rings. The van der Waals surface area contributed by atoms with Crippen LogP contribution in [-0.2, 0) is 0 Å². The van der Waals surface area contributed by atoms with Crippen LogP contribution in [0.25, 0.3) is 0 Å². The molecule has 1 saturated heterocycles. The molecule has 1 aliphatic heterocycles. The van der Waals surface area contributed by atoms with Crippen molar-refractivity contribution in [1.82, 2.24) is 4.90 Å². The summed E-state index contributed by atoms with van der Waals surface area (Å²) >= 11 is 2.04. The van der Waals surface area contributed by atoms with Crippen molar-refractivity contribution in [2.45, 2.75) is 44.4 Å². The van der Waals surface area contributed by atoms with Crippen molar-refractivity contribution in [2.24, 2.45) is 5.73 Å². The molecule has 3 N–H and O–H groups in total. The van der Waals surface area contributed by atoms with Crippen LogP contribution in [0.2, 0.25) is 0 Å². The lowest BCUT2D eigenvalue weighted by Gasteiger charge is -2.41. The van der Waals surface area contributed by atoms with Crippen molar-refractivity contribution < 1.29 is 0 Å². The molecule has 0 aromatic carbocycles. The van der Waals surface area contributed by atoms with Gasteiger partial charge in [-0.05, 0) is 20.3 Å². The number of hydrogen-bond donors (Lipinski definition) is 2. The van der Waals surface area contributed by atoms with Crippen LogP contribution in [0.1, 0.15) is 33.6 Å². The first-order valence-corrected chi connectivity index (χ1v) is 6.64. The normalized spacial score (nSPS) is 23.7. The lowest BCUT2D eigenvalue weighted by Crippen LogP contribution is -2.49. The Hall–Kier alpha value is -0.220. The van der Waals surface area contributed by atoms with Gasteiger partial charge in [0.2, 0.25) is 0 Å². The minimum absolute atomic E-state index is 0.317. The second-order valence-electron chi connectivity index (χ2n) is 4.87. The van der Waals surface area contributed by atoms with Gasteiger partial charge >= 0.3 is 0 Å². The Labute approximate surface area is 97.3 Å². The second-order valence-corrected chi connectivity index (χ2v) is 6.67. The first-order chi connectivity index (χ1) is 6.94. The highest BCUT2D eigenvalue weighted by Gasteiger charge is 2.30. The van der Waals surface area contributed by atoms with Gasteiger partial charge in [0.25, 0.3) is 0 Å². The van der Waals surface area contributed by atoms with Crippen molar-refractivity contribution in [3.8, 4) is 0 Å². The van der Waals surface area contributed by atoms with Crippen LogP contribution in [0.4, 0.5) is 0 Å². The van der Waals surface area contributed by atoms with Gasteiger partial charge in [0.1, 0.15) is 0 Å². The Balaban J connectivity index is 2.56. The van der Waals surface area contributed by atoms with Gasteiger partial charge in [-0.15, -0.1) is 0 Å². The van der Waals surface area contributed by atoms with Crippen LogP contribution in [0.5, 0.6) is 0 Å². The standard InChI is InChI=1S/C11H23N3S/c1-4-9(7-10(12)13)14-5-6-15-11(2,3)8-14/h9H,4-8H2,1-3H3,(H3,12,13). The van der Waals surface area contributed by atoms with Gasteiger partial charge < -0.3 is 5.73 Å². The molecule has 0 spiro atoms. The third-order valence-corrected chi connectivity index (χ3v) is 4.20. The Morgan fingerprint density at radius 2 is 2.27 bits per heavy atom. The Morgan fingerprint density at radius 1 is 1.60 bits per heavy atom. The van der Waals surface area contributed by atoms with Crippen molar-refractivity contribution in [3.05, 3.63) is 0 Å².